The summed E-state index contributed by atoms with van der Waals surface area (Å²) in [6, 6.07) is 4.45. The van der Waals surface area contributed by atoms with E-state index >= 15 is 0 Å². The average Bonchev–Trinajstić information content (AvgIpc) is 2.32. The molecule has 0 unspecified atom stereocenters. The number of hydrogen-bond donors (Lipinski definition) is 2. The van der Waals surface area contributed by atoms with E-state index < -0.39 is 0 Å². The predicted octanol–water partition coefficient (Wildman–Crippen LogP) is 2.36. The van der Waals surface area contributed by atoms with Crippen LogP contribution in [0.25, 0.3) is 10.9 Å². The first kappa shape index (κ1) is 6.54. The Morgan fingerprint density at radius 2 is 2.09 bits per heavy atom. The van der Waals surface area contributed by atoms with Crippen LogP contribution in [-0.4, -0.2) is 10.2 Å². The van der Waals surface area contributed by atoms with Gasteiger partial charge in [-0.05, 0) is 18.2 Å². The van der Waals surface area contributed by atoms with Crippen LogP contribution < -0.4 is 0 Å². The Morgan fingerprint density at radius 3 is 2.91 bits per heavy atom. The lowest BCUT2D eigenvalue weighted by Gasteiger charge is -1.86. The quantitative estimate of drug-likeness (QED) is 0.581. The van der Waals surface area contributed by atoms with Crippen molar-refractivity contribution in [1.29, 1.82) is 0 Å². The normalized spacial score (nSPS) is 10.6. The second-order valence-corrected chi connectivity index (χ2v) is 2.68. The van der Waals surface area contributed by atoms with Gasteiger partial charge in [0.25, 0.3) is 0 Å². The van der Waals surface area contributed by atoms with Crippen LogP contribution >= 0.6 is 12.2 Å². The van der Waals surface area contributed by atoms with Crippen LogP contribution in [0.2, 0.25) is 0 Å². The predicted molar refractivity (Wildman–Crippen MR) is 43.4 cm³/mol. The molecule has 0 saturated carbocycles. The van der Waals surface area contributed by atoms with E-state index in [4.69, 9.17) is 12.2 Å². The molecular weight excluding hydrogens is 163 g/mol. The summed E-state index contributed by atoms with van der Waals surface area (Å²) in [6.45, 7) is 0. The van der Waals surface area contributed by atoms with E-state index in [9.17, 15) is 4.39 Å². The lowest BCUT2D eigenvalue weighted by molar-refractivity contribution is 0.629. The summed E-state index contributed by atoms with van der Waals surface area (Å²) in [5, 5.41) is 6.33. The monoisotopic (exact) mass is 168 g/mol. The number of hydrogen-bond acceptors (Lipinski definition) is 1. The summed E-state index contributed by atoms with van der Waals surface area (Å²) in [4.78, 5) is 0. The number of nitrogens with one attached hydrogen (secondary N) is 2. The largest absolute Gasteiger partial charge is 0.299 e. The van der Waals surface area contributed by atoms with E-state index in [-0.39, 0.29) is 5.82 Å². The fourth-order valence-corrected chi connectivity index (χ4v) is 1.24. The van der Waals surface area contributed by atoms with Gasteiger partial charge in [0.1, 0.15) is 10.5 Å². The average molecular weight is 168 g/mol. The molecule has 0 atom stereocenters. The molecule has 2 N–H and O–H groups in total. The van der Waals surface area contributed by atoms with E-state index in [1.807, 2.05) is 0 Å². The SMILES string of the molecule is Fc1ccc2c(=S)[nH][nH]c2c1. The summed E-state index contributed by atoms with van der Waals surface area (Å²) in [5.41, 5.74) is 0.704. The summed E-state index contributed by atoms with van der Waals surface area (Å²) in [6.07, 6.45) is 0. The minimum Gasteiger partial charge on any atom is -0.299 e. The van der Waals surface area contributed by atoms with E-state index in [0.29, 0.717) is 10.2 Å². The number of benzene rings is 1. The third kappa shape index (κ3) is 0.952. The summed E-state index contributed by atoms with van der Waals surface area (Å²) in [5.74, 6) is -0.261. The number of fused-ring (bicyclic) bond motifs is 1. The van der Waals surface area contributed by atoms with E-state index in [1.165, 1.54) is 12.1 Å². The maximum Gasteiger partial charge on any atom is 0.127 e. The minimum atomic E-state index is -0.261. The van der Waals surface area contributed by atoms with Crippen molar-refractivity contribution >= 4 is 23.1 Å². The molecule has 2 nitrogen and oxygen atoms in total. The van der Waals surface area contributed by atoms with Crippen LogP contribution in [0.3, 0.4) is 0 Å². The zero-order chi connectivity index (χ0) is 7.84. The van der Waals surface area contributed by atoms with Gasteiger partial charge in [0.2, 0.25) is 0 Å². The highest BCUT2D eigenvalue weighted by Crippen LogP contribution is 2.12. The number of aromatic amines is 2. The Kier molecular flexibility index (Phi) is 1.29. The highest BCUT2D eigenvalue weighted by Gasteiger charge is 1.97. The fraction of sp³-hybridized carbons (Fsp3) is 0. The minimum absolute atomic E-state index is 0.261. The number of aromatic nitrogens is 2. The van der Waals surface area contributed by atoms with Crippen LogP contribution in [0.15, 0.2) is 18.2 Å². The van der Waals surface area contributed by atoms with Gasteiger partial charge in [0.05, 0.1) is 5.52 Å². The van der Waals surface area contributed by atoms with E-state index in [0.717, 1.165) is 5.39 Å². The molecule has 0 saturated heterocycles. The van der Waals surface area contributed by atoms with E-state index in [1.54, 1.807) is 6.07 Å². The molecule has 2 aromatic rings. The fourth-order valence-electron chi connectivity index (χ4n) is 1.01. The Morgan fingerprint density at radius 1 is 1.27 bits per heavy atom. The van der Waals surface area contributed by atoms with Gasteiger partial charge in [0.15, 0.2) is 0 Å². The second-order valence-electron chi connectivity index (χ2n) is 2.27. The molecule has 0 aliphatic rings. The molecule has 2 rings (SSSR count). The van der Waals surface area contributed by atoms with Gasteiger partial charge in [-0.2, -0.15) is 0 Å². The summed E-state index contributed by atoms with van der Waals surface area (Å²) in [7, 11) is 0. The Hall–Kier alpha value is -1.16. The Bertz CT molecular complexity index is 443. The van der Waals surface area contributed by atoms with Gasteiger partial charge in [-0.1, -0.05) is 12.2 Å². The van der Waals surface area contributed by atoms with Crippen molar-refractivity contribution < 1.29 is 4.39 Å². The molecule has 1 aromatic heterocycles. The molecule has 56 valence electrons. The highest BCUT2D eigenvalue weighted by molar-refractivity contribution is 7.71. The zero-order valence-corrected chi connectivity index (χ0v) is 6.33. The molecular formula is C7H5FN2S. The topological polar surface area (TPSA) is 31.6 Å². The third-order valence-electron chi connectivity index (χ3n) is 1.54. The van der Waals surface area contributed by atoms with Gasteiger partial charge >= 0.3 is 0 Å². The van der Waals surface area contributed by atoms with Crippen LogP contribution in [0.4, 0.5) is 4.39 Å². The van der Waals surface area contributed by atoms with Crippen LogP contribution in [-0.2, 0) is 0 Å². The van der Waals surface area contributed by atoms with Crippen LogP contribution in [0.5, 0.6) is 0 Å². The Balaban J connectivity index is 2.97. The molecule has 11 heavy (non-hydrogen) atoms. The van der Waals surface area contributed by atoms with Crippen molar-refractivity contribution in [3.8, 4) is 0 Å². The number of rotatable bonds is 0. The molecule has 0 aliphatic heterocycles. The number of halogens is 1. The molecule has 1 aromatic carbocycles. The maximum absolute atomic E-state index is 12.6. The molecule has 0 bridgehead atoms. The third-order valence-corrected chi connectivity index (χ3v) is 1.86. The van der Waals surface area contributed by atoms with Crippen molar-refractivity contribution in [1.82, 2.24) is 10.2 Å². The van der Waals surface area contributed by atoms with Crippen molar-refractivity contribution in [3.05, 3.63) is 28.7 Å². The standard InChI is InChI=1S/C7H5FN2S/c8-4-1-2-5-6(3-4)9-10-7(5)11/h1-3H,(H2,9,10,11). The molecule has 0 fully saturated rings. The molecule has 0 radical (unpaired) electrons. The first-order chi connectivity index (χ1) is 5.27. The highest BCUT2D eigenvalue weighted by atomic mass is 32.1. The lowest BCUT2D eigenvalue weighted by atomic mass is 10.2. The van der Waals surface area contributed by atoms with Gasteiger partial charge in [0, 0.05) is 5.39 Å². The van der Waals surface area contributed by atoms with Crippen molar-refractivity contribution in [2.45, 2.75) is 0 Å². The second kappa shape index (κ2) is 2.17. The molecule has 0 amide bonds. The van der Waals surface area contributed by atoms with Crippen molar-refractivity contribution in [2.75, 3.05) is 0 Å². The Labute approximate surface area is 67.0 Å². The van der Waals surface area contributed by atoms with Crippen molar-refractivity contribution in [3.63, 3.8) is 0 Å². The molecule has 4 heteroatoms. The maximum atomic E-state index is 12.6. The molecule has 0 aliphatic carbocycles. The lowest BCUT2D eigenvalue weighted by Crippen LogP contribution is -1.72. The summed E-state index contributed by atoms with van der Waals surface area (Å²) >= 11 is 4.92. The molecule has 1 heterocycles. The van der Waals surface area contributed by atoms with Gasteiger partial charge in [-0.3, -0.25) is 10.2 Å². The first-order valence-electron chi connectivity index (χ1n) is 3.13. The summed E-state index contributed by atoms with van der Waals surface area (Å²) < 4.78 is 13.2. The van der Waals surface area contributed by atoms with Gasteiger partial charge < -0.3 is 0 Å². The van der Waals surface area contributed by atoms with Gasteiger partial charge in [-0.15, -0.1) is 0 Å². The van der Waals surface area contributed by atoms with Crippen LogP contribution in [0, 0.1) is 10.5 Å². The van der Waals surface area contributed by atoms with Crippen molar-refractivity contribution in [2.24, 2.45) is 0 Å². The smallest absolute Gasteiger partial charge is 0.127 e. The van der Waals surface area contributed by atoms with Crippen LogP contribution in [0.1, 0.15) is 0 Å². The number of H-pyrrole nitrogens is 2. The first-order valence-corrected chi connectivity index (χ1v) is 3.54. The zero-order valence-electron chi connectivity index (χ0n) is 5.52. The van der Waals surface area contributed by atoms with E-state index in [2.05, 4.69) is 10.2 Å². The van der Waals surface area contributed by atoms with Gasteiger partial charge in [-0.25, -0.2) is 4.39 Å². The molecule has 0 spiro atoms.